The topological polar surface area (TPSA) is 16.4 Å². The minimum Gasteiger partial charge on any atom is -0.455 e. The van der Waals surface area contributed by atoms with Crippen molar-refractivity contribution >= 4 is 81.3 Å². The number of rotatable bonds is 6. The van der Waals surface area contributed by atoms with E-state index in [0.717, 1.165) is 50.1 Å². The van der Waals surface area contributed by atoms with Crippen molar-refractivity contribution in [3.8, 4) is 33.4 Å². The van der Waals surface area contributed by atoms with Gasteiger partial charge in [-0.3, -0.25) is 0 Å². The molecule has 11 aromatic rings. The van der Waals surface area contributed by atoms with Crippen LogP contribution in [-0.2, 0) is 0 Å². The molecule has 2 aromatic heterocycles. The van der Waals surface area contributed by atoms with E-state index < -0.39 is 0 Å². The van der Waals surface area contributed by atoms with E-state index >= 15 is 0 Å². The van der Waals surface area contributed by atoms with Crippen molar-refractivity contribution in [1.29, 1.82) is 0 Å². The molecule has 0 radical (unpaired) electrons. The zero-order valence-corrected chi connectivity index (χ0v) is 30.6. The van der Waals surface area contributed by atoms with Crippen LogP contribution < -0.4 is 4.90 Å². The van der Waals surface area contributed by atoms with Crippen molar-refractivity contribution < 1.29 is 4.42 Å². The van der Waals surface area contributed by atoms with Crippen molar-refractivity contribution in [1.82, 2.24) is 0 Å². The van der Waals surface area contributed by atoms with Gasteiger partial charge in [0.1, 0.15) is 11.2 Å². The molecule has 3 heteroatoms. The summed E-state index contributed by atoms with van der Waals surface area (Å²) in [5.41, 5.74) is 12.0. The normalized spacial score (nSPS) is 11.6. The van der Waals surface area contributed by atoms with Crippen molar-refractivity contribution in [2.45, 2.75) is 0 Å². The number of para-hydroxylation sites is 3. The smallest absolute Gasteiger partial charge is 0.143 e. The fraction of sp³-hybridized carbons (Fsp3) is 0. The van der Waals surface area contributed by atoms with Crippen LogP contribution in [0.1, 0.15) is 0 Å². The standard InChI is InChI=1S/C52H33NOS/c1-2-12-36-31-39(24-23-34(36)11-1)42-15-3-6-20-48(42)53(40-28-25-35(26-29-40)43-18-10-19-47-44-16-4-7-21-49(44)54-52(43)47)41-14-9-13-37(32-41)38-27-30-46-45-17-5-8-22-50(45)55-51(46)33-38/h1-33H. The molecular formula is C52H33NOS. The number of thiophene rings is 1. The third kappa shape index (κ3) is 5.40. The summed E-state index contributed by atoms with van der Waals surface area (Å²) >= 11 is 1.86. The highest BCUT2D eigenvalue weighted by molar-refractivity contribution is 7.25. The Bertz CT molecular complexity index is 3220. The minimum absolute atomic E-state index is 0.907. The van der Waals surface area contributed by atoms with Gasteiger partial charge in [-0.2, -0.15) is 0 Å². The van der Waals surface area contributed by atoms with Crippen LogP contribution in [-0.4, -0.2) is 0 Å². The SMILES string of the molecule is c1cc(-c2ccc3c(c2)sc2ccccc23)cc(N(c2ccc(-c3cccc4c3oc3ccccc34)cc2)c2ccccc2-c2ccc3ccccc3c2)c1. The molecule has 0 aliphatic heterocycles. The Labute approximate surface area is 322 Å². The van der Waals surface area contributed by atoms with Gasteiger partial charge in [-0.05, 0) is 87.6 Å². The van der Waals surface area contributed by atoms with E-state index in [1.807, 2.05) is 23.5 Å². The molecule has 11 rings (SSSR count). The fourth-order valence-electron chi connectivity index (χ4n) is 8.19. The Morgan fingerprint density at radius 3 is 1.96 bits per heavy atom. The van der Waals surface area contributed by atoms with Gasteiger partial charge in [-0.25, -0.2) is 0 Å². The Morgan fingerprint density at radius 1 is 0.364 bits per heavy atom. The summed E-state index contributed by atoms with van der Waals surface area (Å²) < 4.78 is 9.06. The molecule has 9 aromatic carbocycles. The van der Waals surface area contributed by atoms with Crippen LogP contribution in [0.4, 0.5) is 17.1 Å². The number of nitrogens with zero attached hydrogens (tertiary/aromatic N) is 1. The van der Waals surface area contributed by atoms with Gasteiger partial charge in [-0.15, -0.1) is 11.3 Å². The number of hydrogen-bond donors (Lipinski definition) is 0. The number of hydrogen-bond acceptors (Lipinski definition) is 3. The van der Waals surface area contributed by atoms with Crippen LogP contribution >= 0.6 is 11.3 Å². The molecule has 0 aliphatic rings. The van der Waals surface area contributed by atoms with Gasteiger partial charge in [0.2, 0.25) is 0 Å². The summed E-state index contributed by atoms with van der Waals surface area (Å²) in [6, 6.07) is 72.3. The average molecular weight is 720 g/mol. The van der Waals surface area contributed by atoms with E-state index in [1.54, 1.807) is 0 Å². The van der Waals surface area contributed by atoms with E-state index in [1.165, 1.54) is 53.2 Å². The van der Waals surface area contributed by atoms with E-state index in [4.69, 9.17) is 4.42 Å². The first-order valence-corrected chi connectivity index (χ1v) is 19.5. The van der Waals surface area contributed by atoms with Gasteiger partial charge in [0, 0.05) is 53.4 Å². The van der Waals surface area contributed by atoms with Crippen molar-refractivity contribution in [2.75, 3.05) is 4.90 Å². The maximum Gasteiger partial charge on any atom is 0.143 e. The quantitative estimate of drug-likeness (QED) is 0.170. The molecule has 2 nitrogen and oxygen atoms in total. The monoisotopic (exact) mass is 719 g/mol. The van der Waals surface area contributed by atoms with Crippen molar-refractivity contribution in [3.63, 3.8) is 0 Å². The highest BCUT2D eigenvalue weighted by Gasteiger charge is 2.19. The first-order chi connectivity index (χ1) is 27.2. The lowest BCUT2D eigenvalue weighted by Gasteiger charge is -2.28. The second kappa shape index (κ2) is 12.9. The fourth-order valence-corrected chi connectivity index (χ4v) is 9.34. The predicted octanol–water partition coefficient (Wildman–Crippen LogP) is 15.6. The van der Waals surface area contributed by atoms with Gasteiger partial charge in [0.15, 0.2) is 0 Å². The molecule has 0 N–H and O–H groups in total. The van der Waals surface area contributed by atoms with Crippen LogP contribution in [0.25, 0.3) is 86.3 Å². The third-order valence-corrected chi connectivity index (χ3v) is 12.0. The Balaban J connectivity index is 1.06. The van der Waals surface area contributed by atoms with E-state index in [0.29, 0.717) is 0 Å². The Kier molecular flexibility index (Phi) is 7.39. The second-order valence-corrected chi connectivity index (χ2v) is 15.2. The molecule has 0 unspecified atom stereocenters. The van der Waals surface area contributed by atoms with E-state index in [9.17, 15) is 0 Å². The van der Waals surface area contributed by atoms with Crippen LogP contribution in [0.2, 0.25) is 0 Å². The largest absolute Gasteiger partial charge is 0.455 e. The van der Waals surface area contributed by atoms with Gasteiger partial charge in [0.25, 0.3) is 0 Å². The highest BCUT2D eigenvalue weighted by Crippen LogP contribution is 2.44. The molecule has 0 saturated carbocycles. The molecule has 0 amide bonds. The predicted molar refractivity (Wildman–Crippen MR) is 235 cm³/mol. The molecule has 258 valence electrons. The van der Waals surface area contributed by atoms with E-state index in [-0.39, 0.29) is 0 Å². The lowest BCUT2D eigenvalue weighted by molar-refractivity contribution is 0.670. The summed E-state index contributed by atoms with van der Waals surface area (Å²) in [6.45, 7) is 0. The van der Waals surface area contributed by atoms with Crippen LogP contribution in [0.5, 0.6) is 0 Å². The number of fused-ring (bicyclic) bond motifs is 7. The third-order valence-electron chi connectivity index (χ3n) is 10.9. The number of benzene rings is 9. The van der Waals surface area contributed by atoms with Gasteiger partial charge in [0.05, 0.1) is 5.69 Å². The first kappa shape index (κ1) is 31.6. The van der Waals surface area contributed by atoms with Gasteiger partial charge >= 0.3 is 0 Å². The van der Waals surface area contributed by atoms with E-state index in [2.05, 4.69) is 193 Å². The minimum atomic E-state index is 0.907. The molecule has 55 heavy (non-hydrogen) atoms. The highest BCUT2D eigenvalue weighted by atomic mass is 32.1. The van der Waals surface area contributed by atoms with Crippen LogP contribution in [0, 0.1) is 0 Å². The Morgan fingerprint density at radius 2 is 1.04 bits per heavy atom. The van der Waals surface area contributed by atoms with Crippen LogP contribution in [0.3, 0.4) is 0 Å². The van der Waals surface area contributed by atoms with Gasteiger partial charge < -0.3 is 9.32 Å². The molecular weight excluding hydrogens is 687 g/mol. The maximum absolute atomic E-state index is 6.44. The van der Waals surface area contributed by atoms with Crippen LogP contribution in [0.15, 0.2) is 205 Å². The van der Waals surface area contributed by atoms with Gasteiger partial charge in [-0.1, -0.05) is 146 Å². The molecule has 0 aliphatic carbocycles. The second-order valence-electron chi connectivity index (χ2n) is 14.1. The summed E-state index contributed by atoms with van der Waals surface area (Å²) in [7, 11) is 0. The maximum atomic E-state index is 6.44. The molecule has 0 atom stereocenters. The summed E-state index contributed by atoms with van der Waals surface area (Å²) in [5, 5.41) is 7.36. The average Bonchev–Trinajstić information content (AvgIpc) is 3.82. The molecule has 0 saturated heterocycles. The zero-order chi connectivity index (χ0) is 36.3. The summed E-state index contributed by atoms with van der Waals surface area (Å²) in [6.07, 6.45) is 0. The van der Waals surface area contributed by atoms with Crippen molar-refractivity contribution in [2.24, 2.45) is 0 Å². The lowest BCUT2D eigenvalue weighted by Crippen LogP contribution is -2.11. The zero-order valence-electron chi connectivity index (χ0n) is 29.8. The Hall–Kier alpha value is -6.94. The number of furan rings is 1. The molecule has 2 heterocycles. The molecule has 0 spiro atoms. The summed E-state index contributed by atoms with van der Waals surface area (Å²) in [5.74, 6) is 0. The molecule has 0 fully saturated rings. The number of anilines is 3. The molecule has 0 bridgehead atoms. The summed E-state index contributed by atoms with van der Waals surface area (Å²) in [4.78, 5) is 2.40. The van der Waals surface area contributed by atoms with Crippen molar-refractivity contribution in [3.05, 3.63) is 200 Å². The lowest BCUT2D eigenvalue weighted by atomic mass is 9.97. The first-order valence-electron chi connectivity index (χ1n) is 18.7.